The quantitative estimate of drug-likeness (QED) is 0.339. The number of ether oxygens (including phenoxy) is 2. The largest absolute Gasteiger partial charge is 0.459 e. The van der Waals surface area contributed by atoms with Crippen LogP contribution in [0.2, 0.25) is 0 Å². The summed E-state index contributed by atoms with van der Waals surface area (Å²) < 4.78 is 43.8. The molecule has 0 saturated carbocycles. The van der Waals surface area contributed by atoms with Gasteiger partial charge in [0.15, 0.2) is 0 Å². The summed E-state index contributed by atoms with van der Waals surface area (Å²) in [7, 11) is -4.04. The average Bonchev–Trinajstić information content (AvgIpc) is 3.26. The molecule has 8 nitrogen and oxygen atoms in total. The highest BCUT2D eigenvalue weighted by Crippen LogP contribution is 2.24. The molecule has 1 heterocycles. The fourth-order valence-electron chi connectivity index (χ4n) is 3.31. The Kier molecular flexibility index (Phi) is 7.79. The summed E-state index contributed by atoms with van der Waals surface area (Å²) in [4.78, 5) is 16.3. The Morgan fingerprint density at radius 2 is 1.75 bits per heavy atom. The van der Waals surface area contributed by atoms with Crippen molar-refractivity contribution in [1.82, 2.24) is 9.55 Å². The van der Waals surface area contributed by atoms with Crippen LogP contribution in [-0.4, -0.2) is 43.3 Å². The van der Waals surface area contributed by atoms with Crippen LogP contribution in [0.25, 0.3) is 0 Å². The zero-order valence-electron chi connectivity index (χ0n) is 18.2. The van der Waals surface area contributed by atoms with Crippen LogP contribution in [0.5, 0.6) is 0 Å². The van der Waals surface area contributed by atoms with Crippen LogP contribution in [-0.2, 0) is 30.5 Å². The van der Waals surface area contributed by atoms with E-state index in [1.54, 1.807) is 79.6 Å². The molecular weight excluding hydrogens is 432 g/mol. The molecule has 2 aromatic carbocycles. The minimum Gasteiger partial charge on any atom is -0.459 e. The molecule has 0 aliphatic rings. The van der Waals surface area contributed by atoms with E-state index in [0.29, 0.717) is 16.7 Å². The molecule has 9 heteroatoms. The van der Waals surface area contributed by atoms with E-state index in [9.17, 15) is 13.2 Å². The maximum Gasteiger partial charge on any atom is 0.338 e. The highest BCUT2D eigenvalue weighted by atomic mass is 32.2. The van der Waals surface area contributed by atoms with Crippen molar-refractivity contribution in [3.05, 3.63) is 83.4 Å². The molecule has 0 aliphatic heterocycles. The first-order valence-corrected chi connectivity index (χ1v) is 11.4. The number of hydrogen-bond acceptors (Lipinski definition) is 7. The first kappa shape index (κ1) is 23.6. The summed E-state index contributed by atoms with van der Waals surface area (Å²) in [5.74, 6) is -0.532. The van der Waals surface area contributed by atoms with Crippen LogP contribution in [0.1, 0.15) is 27.0 Å². The Bertz CT molecular complexity index is 1120. The Balaban J connectivity index is 1.69. The van der Waals surface area contributed by atoms with Crippen LogP contribution in [0.4, 0.5) is 0 Å². The zero-order valence-corrected chi connectivity index (χ0v) is 19.0. The van der Waals surface area contributed by atoms with Crippen LogP contribution in [0.3, 0.4) is 0 Å². The lowest BCUT2D eigenvalue weighted by Crippen LogP contribution is -2.29. The van der Waals surface area contributed by atoms with Crippen molar-refractivity contribution in [2.75, 3.05) is 13.2 Å². The van der Waals surface area contributed by atoms with E-state index in [1.807, 2.05) is 6.92 Å². The molecule has 0 aliphatic carbocycles. The van der Waals surface area contributed by atoms with Gasteiger partial charge in [0.25, 0.3) is 10.1 Å². The number of carbonyl (C=O) groups is 1. The molecule has 1 unspecified atom stereocenters. The number of hydrogen-bond donors (Lipinski definition) is 0. The number of imidazole rings is 1. The lowest BCUT2D eigenvalue weighted by molar-refractivity contribution is -0.0515. The van der Waals surface area contributed by atoms with Crippen molar-refractivity contribution >= 4 is 16.1 Å². The second kappa shape index (κ2) is 10.5. The topological polar surface area (TPSA) is 96.7 Å². The summed E-state index contributed by atoms with van der Waals surface area (Å²) in [6.45, 7) is 4.96. The lowest BCUT2D eigenvalue weighted by Gasteiger charge is -2.19. The van der Waals surface area contributed by atoms with Gasteiger partial charge in [-0.25, -0.2) is 9.78 Å². The molecule has 3 aromatic rings. The van der Waals surface area contributed by atoms with Gasteiger partial charge in [-0.15, -0.1) is 0 Å². The number of aromatic nitrogens is 2. The Morgan fingerprint density at radius 1 is 1.06 bits per heavy atom. The number of nitrogens with zero attached hydrogens (tertiary/aromatic N) is 2. The van der Waals surface area contributed by atoms with Gasteiger partial charge in [-0.05, 0) is 44.0 Å². The Labute approximate surface area is 187 Å². The maximum absolute atomic E-state index is 12.9. The minimum atomic E-state index is -4.04. The van der Waals surface area contributed by atoms with E-state index >= 15 is 0 Å². The van der Waals surface area contributed by atoms with E-state index in [0.717, 1.165) is 5.56 Å². The van der Waals surface area contributed by atoms with Gasteiger partial charge in [-0.2, -0.15) is 8.42 Å². The smallest absolute Gasteiger partial charge is 0.338 e. The SMILES string of the molecule is Cc1cc(C)c(S(=O)(=O)OCC(COC(=O)c2ccccc2)OCn2ccnc2)c(C)c1. The normalized spacial score (nSPS) is 12.5. The third-order valence-corrected chi connectivity index (χ3v) is 6.28. The van der Waals surface area contributed by atoms with Gasteiger partial charge in [-0.3, -0.25) is 4.18 Å². The molecule has 0 amide bonds. The summed E-state index contributed by atoms with van der Waals surface area (Å²) >= 11 is 0. The molecule has 0 saturated heterocycles. The van der Waals surface area contributed by atoms with Gasteiger partial charge in [0, 0.05) is 12.4 Å². The van der Waals surface area contributed by atoms with E-state index in [-0.39, 0.29) is 24.8 Å². The summed E-state index contributed by atoms with van der Waals surface area (Å²) in [5.41, 5.74) is 2.57. The number of aryl methyl sites for hydroxylation is 3. The third kappa shape index (κ3) is 6.25. The second-order valence-electron chi connectivity index (χ2n) is 7.43. The molecule has 0 spiro atoms. The van der Waals surface area contributed by atoms with Gasteiger partial charge < -0.3 is 14.0 Å². The van der Waals surface area contributed by atoms with Crippen molar-refractivity contribution in [2.45, 2.75) is 38.5 Å². The third-order valence-electron chi connectivity index (χ3n) is 4.69. The molecule has 170 valence electrons. The molecule has 0 N–H and O–H groups in total. The first-order chi connectivity index (χ1) is 15.3. The van der Waals surface area contributed by atoms with Gasteiger partial charge in [0.05, 0.1) is 23.4 Å². The van der Waals surface area contributed by atoms with Gasteiger partial charge in [-0.1, -0.05) is 35.9 Å². The van der Waals surface area contributed by atoms with E-state index < -0.39 is 22.2 Å². The molecule has 3 rings (SSSR count). The molecule has 32 heavy (non-hydrogen) atoms. The van der Waals surface area contributed by atoms with Crippen LogP contribution in [0.15, 0.2) is 66.1 Å². The van der Waals surface area contributed by atoms with E-state index in [1.165, 1.54) is 0 Å². The molecule has 0 fully saturated rings. The second-order valence-corrected chi connectivity index (χ2v) is 8.98. The highest BCUT2D eigenvalue weighted by Gasteiger charge is 2.24. The van der Waals surface area contributed by atoms with Gasteiger partial charge in [0.2, 0.25) is 0 Å². The highest BCUT2D eigenvalue weighted by molar-refractivity contribution is 7.86. The zero-order chi connectivity index (χ0) is 23.1. The minimum absolute atomic E-state index is 0.0968. The Hall–Kier alpha value is -3.01. The van der Waals surface area contributed by atoms with E-state index in [2.05, 4.69) is 4.98 Å². The average molecular weight is 459 g/mol. The predicted molar refractivity (Wildman–Crippen MR) is 118 cm³/mol. The van der Waals surface area contributed by atoms with Gasteiger partial charge in [0.1, 0.15) is 19.4 Å². The van der Waals surface area contributed by atoms with Crippen LogP contribution >= 0.6 is 0 Å². The number of esters is 1. The number of carbonyl (C=O) groups excluding carboxylic acids is 1. The van der Waals surface area contributed by atoms with E-state index in [4.69, 9.17) is 13.7 Å². The summed E-state index contributed by atoms with van der Waals surface area (Å²) in [5, 5.41) is 0. The lowest BCUT2D eigenvalue weighted by atomic mass is 10.1. The van der Waals surface area contributed by atoms with Crippen molar-refractivity contribution in [2.24, 2.45) is 0 Å². The molecule has 1 aromatic heterocycles. The number of benzene rings is 2. The van der Waals surface area contributed by atoms with Crippen LogP contribution in [0, 0.1) is 20.8 Å². The molecular formula is C23H26N2O6S. The van der Waals surface area contributed by atoms with Crippen molar-refractivity contribution in [3.63, 3.8) is 0 Å². The van der Waals surface area contributed by atoms with Crippen molar-refractivity contribution in [1.29, 1.82) is 0 Å². The molecule has 1 atom stereocenters. The number of rotatable bonds is 10. The maximum atomic E-state index is 12.9. The van der Waals surface area contributed by atoms with Crippen molar-refractivity contribution < 1.29 is 26.9 Å². The van der Waals surface area contributed by atoms with Crippen LogP contribution < -0.4 is 0 Å². The predicted octanol–water partition coefficient (Wildman–Crippen LogP) is 3.41. The molecule has 0 bridgehead atoms. The standard InChI is InChI=1S/C23H26N2O6S/c1-17-11-18(2)22(19(3)12-17)32(27,28)31-14-21(30-16-25-10-9-24-15-25)13-29-23(26)20-7-5-4-6-8-20/h4-12,15,21H,13-14,16H2,1-3H3. The summed E-state index contributed by atoms with van der Waals surface area (Å²) in [6.07, 6.45) is 4.04. The fourth-order valence-corrected chi connectivity index (χ4v) is 4.67. The molecule has 0 radical (unpaired) electrons. The Morgan fingerprint density at radius 3 is 2.38 bits per heavy atom. The monoisotopic (exact) mass is 458 g/mol. The first-order valence-electron chi connectivity index (χ1n) is 10.0. The van der Waals surface area contributed by atoms with Crippen molar-refractivity contribution in [3.8, 4) is 0 Å². The summed E-state index contributed by atoms with van der Waals surface area (Å²) in [6, 6.07) is 12.1. The fraction of sp³-hybridized carbons (Fsp3) is 0.304. The van der Waals surface area contributed by atoms with Gasteiger partial charge >= 0.3 is 5.97 Å².